The first-order chi connectivity index (χ1) is 30.2. The topological polar surface area (TPSA) is 61.0 Å². The fraction of sp³-hybridized carbons (Fsp3) is 0. The number of ether oxygens (including phenoxy) is 1. The van der Waals surface area contributed by atoms with Crippen LogP contribution in [0.25, 0.3) is 104 Å². The summed E-state index contributed by atoms with van der Waals surface area (Å²) in [5.41, 5.74) is 11.6. The van der Waals surface area contributed by atoms with Crippen LogP contribution in [-0.2, 0) is 0 Å². The number of benzene rings is 9. The zero-order valence-corrected chi connectivity index (χ0v) is 32.6. The van der Waals surface area contributed by atoms with E-state index in [1.54, 1.807) is 0 Å². The van der Waals surface area contributed by atoms with Crippen LogP contribution >= 0.6 is 0 Å². The quantitative estimate of drug-likeness (QED) is 0.175. The highest BCUT2D eigenvalue weighted by atomic mass is 16.5. The Kier molecular flexibility index (Phi) is 6.98. The number of hydrogen-bond donors (Lipinski definition) is 0. The smallest absolute Gasteiger partial charge is 0.177 e. The summed E-state index contributed by atoms with van der Waals surface area (Å²) in [6.45, 7) is 0. The predicted octanol–water partition coefficient (Wildman–Crippen LogP) is 14.5. The van der Waals surface area contributed by atoms with Crippen LogP contribution in [-0.4, -0.2) is 13.7 Å². The fourth-order valence-electron chi connectivity index (χ4n) is 9.70. The summed E-state index contributed by atoms with van der Waals surface area (Å²) in [6.07, 6.45) is 0. The van der Waals surface area contributed by atoms with E-state index < -0.39 is 0 Å². The van der Waals surface area contributed by atoms with E-state index in [9.17, 15) is 5.26 Å². The predicted molar refractivity (Wildman–Crippen MR) is 248 cm³/mol. The Morgan fingerprint density at radius 2 is 0.787 bits per heavy atom. The number of aromatic nitrogens is 3. The highest BCUT2D eigenvalue weighted by Gasteiger charge is 2.21. The van der Waals surface area contributed by atoms with E-state index in [1.807, 2.05) is 60.7 Å². The van der Waals surface area contributed by atoms with Crippen molar-refractivity contribution in [2.24, 2.45) is 0 Å². The molecule has 0 N–H and O–H groups in total. The van der Waals surface area contributed by atoms with Crippen LogP contribution in [0, 0.1) is 11.3 Å². The van der Waals surface area contributed by atoms with Crippen LogP contribution in [0.3, 0.4) is 0 Å². The van der Waals surface area contributed by atoms with Crippen molar-refractivity contribution in [2.75, 3.05) is 0 Å². The molecule has 0 unspecified atom stereocenters. The van der Waals surface area contributed by atoms with Gasteiger partial charge in [0, 0.05) is 66.2 Å². The molecule has 0 bridgehead atoms. The third-order valence-corrected chi connectivity index (χ3v) is 12.3. The van der Waals surface area contributed by atoms with Gasteiger partial charge in [0.25, 0.3) is 0 Å². The van der Waals surface area contributed by atoms with Crippen LogP contribution in [0.1, 0.15) is 5.56 Å². The molecule has 0 spiro atoms. The highest BCUT2D eigenvalue weighted by Crippen LogP contribution is 2.42. The minimum atomic E-state index is 0.430. The first kappa shape index (κ1) is 33.4. The van der Waals surface area contributed by atoms with E-state index >= 15 is 0 Å². The van der Waals surface area contributed by atoms with Gasteiger partial charge >= 0.3 is 0 Å². The van der Waals surface area contributed by atoms with E-state index in [1.165, 1.54) is 21.5 Å². The Morgan fingerprint density at radius 1 is 0.361 bits per heavy atom. The molecule has 13 aromatic rings. The maximum atomic E-state index is 10.4. The molecule has 6 nitrogen and oxygen atoms in total. The first-order valence-electron chi connectivity index (χ1n) is 20.4. The zero-order valence-electron chi connectivity index (χ0n) is 32.6. The van der Waals surface area contributed by atoms with Crippen molar-refractivity contribution in [2.45, 2.75) is 0 Å². The van der Waals surface area contributed by atoms with Gasteiger partial charge in [0.2, 0.25) is 0 Å². The molecule has 0 radical (unpaired) electrons. The molecule has 0 aliphatic heterocycles. The fourth-order valence-corrected chi connectivity index (χ4v) is 9.70. The zero-order chi connectivity index (χ0) is 40.2. The van der Waals surface area contributed by atoms with Gasteiger partial charge in [0.15, 0.2) is 11.3 Å². The van der Waals surface area contributed by atoms with Gasteiger partial charge in [-0.15, -0.1) is 0 Å². The summed E-state index contributed by atoms with van der Waals surface area (Å²) >= 11 is 0. The lowest BCUT2D eigenvalue weighted by Gasteiger charge is -2.13. The van der Waals surface area contributed by atoms with Crippen molar-refractivity contribution >= 4 is 87.4 Å². The van der Waals surface area contributed by atoms with Crippen LogP contribution in [0.15, 0.2) is 199 Å². The average molecular weight is 781 g/mol. The lowest BCUT2D eigenvalue weighted by molar-refractivity contribution is 0.475. The number of nitriles is 1. The average Bonchev–Trinajstić information content (AvgIpc) is 4.06. The highest BCUT2D eigenvalue weighted by molar-refractivity contribution is 6.14. The molecule has 284 valence electrons. The number of nitrogens with zero attached hydrogens (tertiary/aromatic N) is 4. The monoisotopic (exact) mass is 780 g/mol. The number of furan rings is 1. The first-order valence-corrected chi connectivity index (χ1v) is 20.4. The molecular formula is C55H32N4O2. The molecule has 0 amide bonds. The van der Waals surface area contributed by atoms with Gasteiger partial charge in [-0.05, 0) is 84.9 Å². The molecule has 4 aromatic heterocycles. The maximum Gasteiger partial charge on any atom is 0.177 e. The standard InChI is InChI=1S/C55H32N4O2/c56-33-34-24-25-37(32-54(34)60-53-23-11-17-43-42-16-5-10-22-52(42)61-55(43)53)59-50-28-26-35(57-46-18-6-1-12-38(46)39-13-2-7-19-47(39)57)30-44(50)45-31-36(27-29-51(45)59)58-48-20-8-3-14-40(48)41-15-4-9-21-49(41)58/h1-32H. The SMILES string of the molecule is N#Cc1ccc(-n2c3ccc(-n4c5ccccc5c5ccccc54)cc3c3cc(-n4c5ccccc5c5ccccc54)ccc32)cc1Oc1cccc2c1oc1ccccc12. The Bertz CT molecular complexity index is 3720. The van der Waals surface area contributed by atoms with Crippen molar-refractivity contribution in [3.05, 3.63) is 200 Å². The minimum absolute atomic E-state index is 0.430. The maximum absolute atomic E-state index is 10.4. The second kappa shape index (κ2) is 12.7. The number of hydrogen-bond acceptors (Lipinski definition) is 3. The van der Waals surface area contributed by atoms with Crippen LogP contribution < -0.4 is 4.74 Å². The van der Waals surface area contributed by atoms with Crippen LogP contribution in [0.4, 0.5) is 0 Å². The molecule has 61 heavy (non-hydrogen) atoms. The van der Waals surface area contributed by atoms with E-state index in [0.717, 1.165) is 77.3 Å². The summed E-state index contributed by atoms with van der Waals surface area (Å²) < 4.78 is 20.0. The molecule has 0 saturated heterocycles. The van der Waals surface area contributed by atoms with E-state index in [-0.39, 0.29) is 0 Å². The van der Waals surface area contributed by atoms with E-state index in [4.69, 9.17) is 9.15 Å². The van der Waals surface area contributed by atoms with Gasteiger partial charge in [0.1, 0.15) is 17.4 Å². The van der Waals surface area contributed by atoms with Crippen LogP contribution in [0.2, 0.25) is 0 Å². The molecule has 0 atom stereocenters. The normalized spacial score (nSPS) is 11.9. The summed E-state index contributed by atoms with van der Waals surface area (Å²) in [6, 6.07) is 70.1. The van der Waals surface area contributed by atoms with Gasteiger partial charge in [-0.1, -0.05) is 103 Å². The van der Waals surface area contributed by atoms with Crippen molar-refractivity contribution < 1.29 is 9.15 Å². The molecule has 0 aliphatic carbocycles. The molecule has 0 fully saturated rings. The minimum Gasteiger partial charge on any atom is -0.452 e. The lowest BCUT2D eigenvalue weighted by atomic mass is 10.1. The molecule has 6 heteroatoms. The Labute approximate surface area is 348 Å². The largest absolute Gasteiger partial charge is 0.452 e. The van der Waals surface area contributed by atoms with Gasteiger partial charge in [-0.2, -0.15) is 5.26 Å². The summed E-state index contributed by atoms with van der Waals surface area (Å²) in [4.78, 5) is 0. The molecular weight excluding hydrogens is 749 g/mol. The Morgan fingerprint density at radius 3 is 1.31 bits per heavy atom. The molecule has 4 heterocycles. The van der Waals surface area contributed by atoms with Gasteiger partial charge in [-0.3, -0.25) is 0 Å². The van der Waals surface area contributed by atoms with Crippen molar-refractivity contribution in [1.82, 2.24) is 13.7 Å². The molecule has 0 saturated carbocycles. The third-order valence-electron chi connectivity index (χ3n) is 12.3. The van der Waals surface area contributed by atoms with Crippen molar-refractivity contribution in [3.8, 4) is 34.6 Å². The number of para-hydroxylation sites is 6. The number of fused-ring (bicyclic) bond motifs is 12. The lowest BCUT2D eigenvalue weighted by Crippen LogP contribution is -1.98. The van der Waals surface area contributed by atoms with E-state index in [2.05, 4.69) is 153 Å². The van der Waals surface area contributed by atoms with Gasteiger partial charge in [-0.25, -0.2) is 0 Å². The van der Waals surface area contributed by atoms with Gasteiger partial charge in [0.05, 0.1) is 38.7 Å². The summed E-state index contributed by atoms with van der Waals surface area (Å²) in [7, 11) is 0. The van der Waals surface area contributed by atoms with Crippen molar-refractivity contribution in [3.63, 3.8) is 0 Å². The number of rotatable bonds is 5. The van der Waals surface area contributed by atoms with E-state index in [0.29, 0.717) is 22.6 Å². The second-order valence-electron chi connectivity index (χ2n) is 15.6. The summed E-state index contributed by atoms with van der Waals surface area (Å²) in [5, 5.41) is 19.4. The molecule has 9 aromatic carbocycles. The van der Waals surface area contributed by atoms with Crippen LogP contribution in [0.5, 0.6) is 11.5 Å². The molecule has 0 aliphatic rings. The Hall–Kier alpha value is -8.53. The summed E-state index contributed by atoms with van der Waals surface area (Å²) in [5.74, 6) is 1.00. The second-order valence-corrected chi connectivity index (χ2v) is 15.6. The third kappa shape index (κ3) is 4.83. The van der Waals surface area contributed by atoms with Crippen molar-refractivity contribution in [1.29, 1.82) is 5.26 Å². The van der Waals surface area contributed by atoms with Gasteiger partial charge < -0.3 is 22.9 Å². The molecule has 13 rings (SSSR count). The Balaban J connectivity index is 1.06.